The molecule has 0 heterocycles. The minimum Gasteiger partial charge on any atom is -0.272 e. The van der Waals surface area contributed by atoms with Gasteiger partial charge in [0, 0.05) is 0 Å². The second kappa shape index (κ2) is 3.47. The van der Waals surface area contributed by atoms with Crippen molar-refractivity contribution >= 4 is 16.9 Å². The molecule has 0 aliphatic heterocycles. The Kier molecular flexibility index (Phi) is 2.57. The number of hydrogen-bond acceptors (Lipinski definition) is 3. The van der Waals surface area contributed by atoms with E-state index in [1.165, 1.54) is 24.6 Å². The summed E-state index contributed by atoms with van der Waals surface area (Å²) in [6, 6.07) is 0.489. The van der Waals surface area contributed by atoms with Crippen molar-refractivity contribution in [2.45, 2.75) is 18.9 Å². The lowest BCUT2D eigenvalue weighted by Crippen LogP contribution is -2.13. The highest BCUT2D eigenvalue weighted by atomic mass is 32.2. The molecular weight excluding hydrogens is 146 g/mol. The number of thioether (sulfide) groups is 1. The van der Waals surface area contributed by atoms with Crippen LogP contribution >= 0.6 is 11.8 Å². The van der Waals surface area contributed by atoms with E-state index in [0.717, 1.165) is 5.17 Å². The molecule has 1 rings (SSSR count). The van der Waals surface area contributed by atoms with Crippen molar-refractivity contribution in [2.75, 3.05) is 6.26 Å². The Morgan fingerprint density at radius 3 is 2.90 bits per heavy atom. The first-order valence-corrected chi connectivity index (χ1v) is 4.36. The molecule has 0 amide bonds. The summed E-state index contributed by atoms with van der Waals surface area (Å²) in [7, 11) is 0. The van der Waals surface area contributed by atoms with Gasteiger partial charge < -0.3 is 0 Å². The third-order valence-corrected chi connectivity index (χ3v) is 1.80. The van der Waals surface area contributed by atoms with Crippen LogP contribution in [-0.4, -0.2) is 17.5 Å². The fourth-order valence-corrected chi connectivity index (χ4v) is 0.955. The van der Waals surface area contributed by atoms with Crippen molar-refractivity contribution < 1.29 is 0 Å². The van der Waals surface area contributed by atoms with Gasteiger partial charge in [-0.2, -0.15) is 5.26 Å². The summed E-state index contributed by atoms with van der Waals surface area (Å²) in [5.74, 6) is 0. The molecule has 1 aliphatic carbocycles. The van der Waals surface area contributed by atoms with Gasteiger partial charge >= 0.3 is 0 Å². The third-order valence-electron chi connectivity index (χ3n) is 1.20. The zero-order valence-corrected chi connectivity index (χ0v) is 6.61. The van der Waals surface area contributed by atoms with Gasteiger partial charge in [-0.05, 0) is 19.1 Å². The molecule has 0 saturated heterocycles. The lowest BCUT2D eigenvalue weighted by molar-refractivity contribution is 1.05. The van der Waals surface area contributed by atoms with Gasteiger partial charge in [0.25, 0.3) is 0 Å². The number of hydrogen-bond donors (Lipinski definition) is 1. The summed E-state index contributed by atoms with van der Waals surface area (Å²) in [4.78, 5) is 4.24. The van der Waals surface area contributed by atoms with Crippen LogP contribution in [0.15, 0.2) is 4.99 Å². The van der Waals surface area contributed by atoms with Gasteiger partial charge in [0.2, 0.25) is 0 Å². The molecule has 3 nitrogen and oxygen atoms in total. The van der Waals surface area contributed by atoms with Gasteiger partial charge in [-0.25, -0.2) is 0 Å². The molecule has 0 aromatic heterocycles. The topological polar surface area (TPSA) is 48.2 Å². The summed E-state index contributed by atoms with van der Waals surface area (Å²) < 4.78 is 0. The van der Waals surface area contributed by atoms with Crippen LogP contribution in [0, 0.1) is 11.5 Å². The summed E-state index contributed by atoms with van der Waals surface area (Å²) in [5, 5.41) is 11.5. The maximum Gasteiger partial charge on any atom is 0.183 e. The normalized spacial score (nSPS) is 18.2. The number of amidine groups is 1. The fourth-order valence-electron chi connectivity index (χ4n) is 0.553. The molecule has 0 atom stereocenters. The first-order valence-electron chi connectivity index (χ1n) is 3.13. The van der Waals surface area contributed by atoms with Gasteiger partial charge in [0.15, 0.2) is 11.4 Å². The van der Waals surface area contributed by atoms with E-state index in [4.69, 9.17) is 5.26 Å². The van der Waals surface area contributed by atoms with Crippen molar-refractivity contribution in [3.63, 3.8) is 0 Å². The van der Waals surface area contributed by atoms with E-state index in [1.54, 1.807) is 0 Å². The lowest BCUT2D eigenvalue weighted by Gasteiger charge is -1.95. The Bertz CT molecular complexity index is 178. The molecule has 1 N–H and O–H groups in total. The van der Waals surface area contributed by atoms with Crippen LogP contribution in [0.1, 0.15) is 12.8 Å². The molecular formula is C6H9N3S. The average molecular weight is 155 g/mol. The van der Waals surface area contributed by atoms with Crippen molar-refractivity contribution in [1.29, 1.82) is 5.26 Å². The third kappa shape index (κ3) is 2.28. The minimum atomic E-state index is 0.489. The fraction of sp³-hybridized carbons (Fsp3) is 0.667. The molecule has 0 aromatic rings. The minimum absolute atomic E-state index is 0.489. The highest BCUT2D eigenvalue weighted by molar-refractivity contribution is 8.13. The molecule has 1 fully saturated rings. The monoisotopic (exact) mass is 155 g/mol. The molecule has 0 unspecified atom stereocenters. The van der Waals surface area contributed by atoms with Crippen LogP contribution in [0.25, 0.3) is 0 Å². The number of aliphatic imine (C=N–C) groups is 1. The van der Waals surface area contributed by atoms with Crippen molar-refractivity contribution in [3.8, 4) is 6.19 Å². The SMILES string of the molecule is CSC(=NC1CC1)NC#N. The number of nitrogens with zero attached hydrogens (tertiary/aromatic N) is 2. The average Bonchev–Trinajstić information content (AvgIpc) is 2.71. The maximum atomic E-state index is 8.25. The van der Waals surface area contributed by atoms with Gasteiger partial charge in [-0.3, -0.25) is 10.3 Å². The Balaban J connectivity index is 2.38. The number of rotatable bonds is 1. The van der Waals surface area contributed by atoms with Gasteiger partial charge in [0.1, 0.15) is 0 Å². The predicted octanol–water partition coefficient (Wildman–Crippen LogP) is 0.938. The first kappa shape index (κ1) is 7.42. The van der Waals surface area contributed by atoms with Gasteiger partial charge in [-0.15, -0.1) is 0 Å². The number of nitriles is 1. The molecule has 1 saturated carbocycles. The zero-order chi connectivity index (χ0) is 7.40. The van der Waals surface area contributed by atoms with E-state index in [9.17, 15) is 0 Å². The molecule has 54 valence electrons. The quantitative estimate of drug-likeness (QED) is 0.265. The standard InChI is InChI=1S/C6H9N3S/c1-10-6(8-4-7)9-5-2-3-5/h5H,2-3H2,1H3,(H,8,9). The predicted molar refractivity (Wildman–Crippen MR) is 42.7 cm³/mol. The van der Waals surface area contributed by atoms with E-state index in [2.05, 4.69) is 10.3 Å². The van der Waals surface area contributed by atoms with Crippen LogP contribution < -0.4 is 5.32 Å². The van der Waals surface area contributed by atoms with Crippen molar-refractivity contribution in [1.82, 2.24) is 5.32 Å². The lowest BCUT2D eigenvalue weighted by atomic mass is 10.7. The summed E-state index contributed by atoms with van der Waals surface area (Å²) in [6.45, 7) is 0. The van der Waals surface area contributed by atoms with Crippen LogP contribution in [-0.2, 0) is 0 Å². The molecule has 0 radical (unpaired) electrons. The second-order valence-corrected chi connectivity index (χ2v) is 2.90. The van der Waals surface area contributed by atoms with E-state index in [0.29, 0.717) is 6.04 Å². The molecule has 10 heavy (non-hydrogen) atoms. The molecule has 4 heteroatoms. The summed E-state index contributed by atoms with van der Waals surface area (Å²) >= 11 is 1.48. The first-order chi connectivity index (χ1) is 4.86. The smallest absolute Gasteiger partial charge is 0.183 e. The van der Waals surface area contributed by atoms with Crippen molar-refractivity contribution in [2.24, 2.45) is 4.99 Å². The molecule has 0 bridgehead atoms. The van der Waals surface area contributed by atoms with Gasteiger partial charge in [-0.1, -0.05) is 11.8 Å². The second-order valence-electron chi connectivity index (χ2n) is 2.11. The van der Waals surface area contributed by atoms with E-state index >= 15 is 0 Å². The van der Waals surface area contributed by atoms with Crippen LogP contribution in [0.3, 0.4) is 0 Å². The summed E-state index contributed by atoms with van der Waals surface area (Å²) in [6.07, 6.45) is 6.11. The molecule has 0 spiro atoms. The zero-order valence-electron chi connectivity index (χ0n) is 5.79. The van der Waals surface area contributed by atoms with E-state index in [-0.39, 0.29) is 0 Å². The summed E-state index contributed by atoms with van der Waals surface area (Å²) in [5.41, 5.74) is 0. The van der Waals surface area contributed by atoms with Crippen LogP contribution in [0.4, 0.5) is 0 Å². The largest absolute Gasteiger partial charge is 0.272 e. The number of nitrogens with one attached hydrogen (secondary N) is 1. The molecule has 1 aliphatic rings. The highest BCUT2D eigenvalue weighted by Crippen LogP contribution is 2.24. The Morgan fingerprint density at radius 1 is 1.80 bits per heavy atom. The Hall–Kier alpha value is -0.690. The van der Waals surface area contributed by atoms with Gasteiger partial charge in [0.05, 0.1) is 6.04 Å². The van der Waals surface area contributed by atoms with E-state index in [1.807, 2.05) is 12.4 Å². The van der Waals surface area contributed by atoms with Crippen LogP contribution in [0.5, 0.6) is 0 Å². The maximum absolute atomic E-state index is 8.25. The Morgan fingerprint density at radius 2 is 2.50 bits per heavy atom. The van der Waals surface area contributed by atoms with Crippen molar-refractivity contribution in [3.05, 3.63) is 0 Å². The van der Waals surface area contributed by atoms with Crippen LogP contribution in [0.2, 0.25) is 0 Å². The Labute approximate surface area is 64.5 Å². The van der Waals surface area contributed by atoms with E-state index < -0.39 is 0 Å². The molecule has 0 aromatic carbocycles. The highest BCUT2D eigenvalue weighted by Gasteiger charge is 2.20.